The first-order valence-electron chi connectivity index (χ1n) is 5.90. The van der Waals surface area contributed by atoms with E-state index in [9.17, 15) is 0 Å². The van der Waals surface area contributed by atoms with Crippen LogP contribution in [0.2, 0.25) is 0 Å². The zero-order valence-corrected chi connectivity index (χ0v) is 8.39. The van der Waals surface area contributed by atoms with Crippen LogP contribution in [0.15, 0.2) is 0 Å². The van der Waals surface area contributed by atoms with Gasteiger partial charge in [-0.2, -0.15) is 0 Å². The molecule has 3 unspecified atom stereocenters. The summed E-state index contributed by atoms with van der Waals surface area (Å²) in [5.74, 6) is 3.40. The molecule has 0 amide bonds. The third-order valence-electron chi connectivity index (χ3n) is 4.04. The smallest absolute Gasteiger partial charge is 0.0383 e. The molecule has 2 bridgehead atoms. The molecular weight excluding hydrogens is 144 g/mol. The molecule has 2 aliphatic rings. The highest BCUT2D eigenvalue weighted by atomic mass is 14.4. The molecule has 2 aliphatic carbocycles. The fourth-order valence-corrected chi connectivity index (χ4v) is 3.49. The summed E-state index contributed by atoms with van der Waals surface area (Å²) in [6, 6.07) is 0. The molecule has 12 heavy (non-hydrogen) atoms. The standard InChI is InChI=1S/C12H22/c1-2-5-11-8-10-6-3-4-7-12(11)9-10/h10-12H,2-9H2,1H3. The second-order valence-corrected chi connectivity index (χ2v) is 4.93. The van der Waals surface area contributed by atoms with Gasteiger partial charge in [0.1, 0.15) is 0 Å². The van der Waals surface area contributed by atoms with Crippen molar-refractivity contribution >= 4 is 0 Å². The molecule has 0 spiro atoms. The highest BCUT2D eigenvalue weighted by Crippen LogP contribution is 2.45. The van der Waals surface area contributed by atoms with Crippen molar-refractivity contribution in [3.8, 4) is 0 Å². The highest BCUT2D eigenvalue weighted by Gasteiger charge is 2.34. The minimum Gasteiger partial charge on any atom is -0.0654 e. The molecule has 0 heterocycles. The molecule has 0 aliphatic heterocycles. The summed E-state index contributed by atoms with van der Waals surface area (Å²) in [6.07, 6.45) is 12.3. The maximum absolute atomic E-state index is 2.34. The van der Waals surface area contributed by atoms with Gasteiger partial charge in [-0.05, 0) is 30.6 Å². The largest absolute Gasteiger partial charge is 0.0654 e. The third-order valence-corrected chi connectivity index (χ3v) is 4.04. The Balaban J connectivity index is 1.93. The fourth-order valence-electron chi connectivity index (χ4n) is 3.49. The maximum Gasteiger partial charge on any atom is -0.0383 e. The predicted molar refractivity (Wildman–Crippen MR) is 53.1 cm³/mol. The molecule has 0 aromatic rings. The number of rotatable bonds is 2. The lowest BCUT2D eigenvalue weighted by molar-refractivity contribution is 0.326. The zero-order valence-electron chi connectivity index (χ0n) is 8.39. The summed E-state index contributed by atoms with van der Waals surface area (Å²) in [4.78, 5) is 0. The van der Waals surface area contributed by atoms with Gasteiger partial charge in [0.25, 0.3) is 0 Å². The van der Waals surface area contributed by atoms with Crippen LogP contribution in [0.3, 0.4) is 0 Å². The molecule has 0 saturated heterocycles. The van der Waals surface area contributed by atoms with E-state index >= 15 is 0 Å². The van der Waals surface area contributed by atoms with E-state index in [1.54, 1.807) is 25.7 Å². The van der Waals surface area contributed by atoms with Crippen LogP contribution in [-0.4, -0.2) is 0 Å². The van der Waals surface area contributed by atoms with Gasteiger partial charge in [-0.15, -0.1) is 0 Å². The summed E-state index contributed by atoms with van der Waals surface area (Å²) >= 11 is 0. The van der Waals surface area contributed by atoms with Crippen LogP contribution in [0, 0.1) is 17.8 Å². The molecule has 0 radical (unpaired) electrons. The van der Waals surface area contributed by atoms with Crippen molar-refractivity contribution in [1.29, 1.82) is 0 Å². The van der Waals surface area contributed by atoms with Crippen LogP contribution in [0.25, 0.3) is 0 Å². The topological polar surface area (TPSA) is 0 Å². The first-order chi connectivity index (χ1) is 5.90. The quantitative estimate of drug-likeness (QED) is 0.581. The lowest BCUT2D eigenvalue weighted by Crippen LogP contribution is -2.07. The summed E-state index contributed by atoms with van der Waals surface area (Å²) in [5, 5.41) is 0. The summed E-state index contributed by atoms with van der Waals surface area (Å²) in [6.45, 7) is 2.34. The van der Waals surface area contributed by atoms with Gasteiger partial charge in [-0.3, -0.25) is 0 Å². The maximum atomic E-state index is 2.34. The van der Waals surface area contributed by atoms with E-state index in [0.29, 0.717) is 0 Å². The van der Waals surface area contributed by atoms with Crippen LogP contribution in [0.1, 0.15) is 58.3 Å². The average Bonchev–Trinajstić information content (AvgIpc) is 2.30. The number of hydrogen-bond acceptors (Lipinski definition) is 0. The monoisotopic (exact) mass is 166 g/mol. The average molecular weight is 166 g/mol. The first-order valence-corrected chi connectivity index (χ1v) is 5.90. The van der Waals surface area contributed by atoms with Crippen LogP contribution in [0.4, 0.5) is 0 Å². The van der Waals surface area contributed by atoms with Crippen LogP contribution in [-0.2, 0) is 0 Å². The second kappa shape index (κ2) is 3.81. The molecule has 2 fully saturated rings. The van der Waals surface area contributed by atoms with E-state index in [1.165, 1.54) is 25.7 Å². The van der Waals surface area contributed by atoms with Gasteiger partial charge < -0.3 is 0 Å². The number of hydrogen-bond donors (Lipinski definition) is 0. The molecular formula is C12H22. The Hall–Kier alpha value is 0. The Bertz CT molecular complexity index is 139. The first kappa shape index (κ1) is 8.59. The van der Waals surface area contributed by atoms with E-state index in [0.717, 1.165) is 17.8 Å². The van der Waals surface area contributed by atoms with E-state index in [-0.39, 0.29) is 0 Å². The molecule has 0 nitrogen and oxygen atoms in total. The fraction of sp³-hybridized carbons (Fsp3) is 1.00. The molecule has 2 saturated carbocycles. The predicted octanol–water partition coefficient (Wildman–Crippen LogP) is 4.00. The second-order valence-electron chi connectivity index (χ2n) is 4.93. The molecule has 70 valence electrons. The molecule has 0 aromatic heterocycles. The summed E-state index contributed by atoms with van der Waals surface area (Å²) in [7, 11) is 0. The number of fused-ring (bicyclic) bond motifs is 2. The lowest BCUT2D eigenvalue weighted by atomic mass is 9.87. The molecule has 2 rings (SSSR count). The van der Waals surface area contributed by atoms with Crippen molar-refractivity contribution < 1.29 is 0 Å². The van der Waals surface area contributed by atoms with Crippen LogP contribution < -0.4 is 0 Å². The normalized spacial score (nSPS) is 41.2. The molecule has 0 heteroatoms. The van der Waals surface area contributed by atoms with Gasteiger partial charge in [-0.25, -0.2) is 0 Å². The van der Waals surface area contributed by atoms with E-state index in [2.05, 4.69) is 6.92 Å². The van der Waals surface area contributed by atoms with Crippen molar-refractivity contribution in [1.82, 2.24) is 0 Å². The van der Waals surface area contributed by atoms with Crippen molar-refractivity contribution in [2.45, 2.75) is 58.3 Å². The zero-order chi connectivity index (χ0) is 8.39. The van der Waals surface area contributed by atoms with Crippen molar-refractivity contribution in [3.63, 3.8) is 0 Å². The molecule has 0 N–H and O–H groups in total. The minimum absolute atomic E-state index is 1.13. The van der Waals surface area contributed by atoms with Crippen molar-refractivity contribution in [2.75, 3.05) is 0 Å². The lowest BCUT2D eigenvalue weighted by Gasteiger charge is -2.19. The van der Waals surface area contributed by atoms with Gasteiger partial charge in [0.15, 0.2) is 0 Å². The Kier molecular flexibility index (Phi) is 2.73. The van der Waals surface area contributed by atoms with Crippen molar-refractivity contribution in [2.24, 2.45) is 17.8 Å². The Morgan fingerprint density at radius 3 is 2.75 bits per heavy atom. The van der Waals surface area contributed by atoms with E-state index in [1.807, 2.05) is 0 Å². The van der Waals surface area contributed by atoms with E-state index < -0.39 is 0 Å². The van der Waals surface area contributed by atoms with Gasteiger partial charge in [0.05, 0.1) is 0 Å². The van der Waals surface area contributed by atoms with Gasteiger partial charge in [-0.1, -0.05) is 45.4 Å². The Morgan fingerprint density at radius 2 is 1.92 bits per heavy atom. The molecule has 3 atom stereocenters. The Morgan fingerprint density at radius 1 is 1.08 bits per heavy atom. The van der Waals surface area contributed by atoms with Gasteiger partial charge in [0, 0.05) is 0 Å². The van der Waals surface area contributed by atoms with Gasteiger partial charge >= 0.3 is 0 Å². The summed E-state index contributed by atoms with van der Waals surface area (Å²) in [5.41, 5.74) is 0. The molecule has 0 aromatic carbocycles. The Labute approximate surface area is 76.7 Å². The summed E-state index contributed by atoms with van der Waals surface area (Å²) < 4.78 is 0. The van der Waals surface area contributed by atoms with Gasteiger partial charge in [0.2, 0.25) is 0 Å². The minimum atomic E-state index is 1.13. The van der Waals surface area contributed by atoms with Crippen molar-refractivity contribution in [3.05, 3.63) is 0 Å². The van der Waals surface area contributed by atoms with Crippen LogP contribution >= 0.6 is 0 Å². The third kappa shape index (κ3) is 1.67. The SMILES string of the molecule is CCCC1CC2CCCCC1C2. The van der Waals surface area contributed by atoms with E-state index in [4.69, 9.17) is 0 Å². The highest BCUT2D eigenvalue weighted by molar-refractivity contribution is 4.85. The van der Waals surface area contributed by atoms with Crippen LogP contribution in [0.5, 0.6) is 0 Å².